The monoisotopic (exact) mass is 295 g/mol. The number of aromatic nitrogens is 4. The van der Waals surface area contributed by atoms with Crippen molar-refractivity contribution in [3.05, 3.63) is 47.9 Å². The molecule has 2 heterocycles. The summed E-state index contributed by atoms with van der Waals surface area (Å²) in [6.07, 6.45) is 2.43. The molecule has 3 aromatic rings. The lowest BCUT2D eigenvalue weighted by Gasteiger charge is -2.11. The maximum atomic E-state index is 12.0. The molecule has 1 aromatic carbocycles. The van der Waals surface area contributed by atoms with Crippen molar-refractivity contribution in [3.8, 4) is 11.1 Å². The summed E-state index contributed by atoms with van der Waals surface area (Å²) >= 11 is 0. The molecule has 6 nitrogen and oxygen atoms in total. The quantitative estimate of drug-likeness (QED) is 0.742. The molecule has 0 aliphatic heterocycles. The van der Waals surface area contributed by atoms with Gasteiger partial charge in [0.05, 0.1) is 5.69 Å². The highest BCUT2D eigenvalue weighted by Crippen LogP contribution is 2.24. The van der Waals surface area contributed by atoms with Crippen LogP contribution in [0.1, 0.15) is 23.0 Å². The van der Waals surface area contributed by atoms with Gasteiger partial charge in [0.15, 0.2) is 5.65 Å². The number of hydrogen-bond donors (Lipinski definition) is 0. The van der Waals surface area contributed by atoms with Gasteiger partial charge in [0.25, 0.3) is 5.91 Å². The minimum absolute atomic E-state index is 0.0110. The summed E-state index contributed by atoms with van der Waals surface area (Å²) in [6, 6.07) is 9.54. The van der Waals surface area contributed by atoms with Gasteiger partial charge in [-0.25, -0.2) is 0 Å². The largest absolute Gasteiger partial charge is 0.345 e. The molecule has 0 saturated carbocycles. The Labute approximate surface area is 128 Å². The highest BCUT2D eigenvalue weighted by atomic mass is 16.2. The van der Waals surface area contributed by atoms with Crippen molar-refractivity contribution in [2.45, 2.75) is 13.3 Å². The smallest absolute Gasteiger partial charge is 0.253 e. The Bertz CT molecular complexity index is 820. The molecule has 112 valence electrons. The fraction of sp³-hybridized carbons (Fsp3) is 0.250. The lowest BCUT2D eigenvalue weighted by molar-refractivity contribution is 0.0827. The maximum Gasteiger partial charge on any atom is 0.253 e. The first-order valence-corrected chi connectivity index (χ1v) is 7.12. The molecule has 3 rings (SSSR count). The Balaban J connectivity index is 2.07. The zero-order valence-electron chi connectivity index (χ0n) is 12.8. The summed E-state index contributed by atoms with van der Waals surface area (Å²) in [7, 11) is 3.48. The lowest BCUT2D eigenvalue weighted by atomic mass is 10.0. The van der Waals surface area contributed by atoms with Gasteiger partial charge in [-0.1, -0.05) is 19.1 Å². The van der Waals surface area contributed by atoms with Crippen LogP contribution in [-0.4, -0.2) is 44.7 Å². The van der Waals surface area contributed by atoms with E-state index in [1.807, 2.05) is 30.3 Å². The minimum Gasteiger partial charge on any atom is -0.345 e. The van der Waals surface area contributed by atoms with Crippen molar-refractivity contribution in [3.63, 3.8) is 0 Å². The van der Waals surface area contributed by atoms with E-state index >= 15 is 0 Å². The summed E-state index contributed by atoms with van der Waals surface area (Å²) in [6.45, 7) is 2.06. The molecule has 0 spiro atoms. The van der Waals surface area contributed by atoms with Gasteiger partial charge in [-0.15, -0.1) is 10.2 Å². The van der Waals surface area contributed by atoms with Crippen molar-refractivity contribution < 1.29 is 4.79 Å². The average molecular weight is 295 g/mol. The molecule has 6 heteroatoms. The number of benzene rings is 1. The molecule has 0 unspecified atom stereocenters. The Morgan fingerprint density at radius 2 is 1.95 bits per heavy atom. The van der Waals surface area contributed by atoms with E-state index in [9.17, 15) is 4.79 Å². The highest BCUT2D eigenvalue weighted by molar-refractivity contribution is 5.94. The molecule has 22 heavy (non-hydrogen) atoms. The summed E-state index contributed by atoms with van der Waals surface area (Å²) in [5.41, 5.74) is 4.30. The number of rotatable bonds is 3. The maximum absolute atomic E-state index is 12.0. The van der Waals surface area contributed by atoms with Crippen LogP contribution in [0.3, 0.4) is 0 Å². The summed E-state index contributed by atoms with van der Waals surface area (Å²) in [5, 5.41) is 12.5. The van der Waals surface area contributed by atoms with Gasteiger partial charge < -0.3 is 4.90 Å². The van der Waals surface area contributed by atoms with E-state index < -0.39 is 0 Å². The molecular formula is C16H17N5O. The normalized spacial score (nSPS) is 10.9. The molecule has 0 atom stereocenters. The first-order chi connectivity index (χ1) is 10.6. The molecule has 1 amide bonds. The van der Waals surface area contributed by atoms with Crippen LogP contribution in [0.25, 0.3) is 16.8 Å². The molecule has 0 bridgehead atoms. The SMILES string of the molecule is CCc1cc(-c2ccc(C(=O)N(C)C)cc2)c2nncn2n1. The second kappa shape index (κ2) is 5.55. The zero-order chi connectivity index (χ0) is 15.7. The second-order valence-electron chi connectivity index (χ2n) is 5.28. The fourth-order valence-electron chi connectivity index (χ4n) is 2.31. The molecule has 0 N–H and O–H groups in total. The van der Waals surface area contributed by atoms with Gasteiger partial charge >= 0.3 is 0 Å². The van der Waals surface area contributed by atoms with E-state index in [-0.39, 0.29) is 5.91 Å². The van der Waals surface area contributed by atoms with Crippen molar-refractivity contribution in [2.75, 3.05) is 14.1 Å². The Morgan fingerprint density at radius 3 is 2.59 bits per heavy atom. The van der Waals surface area contributed by atoms with E-state index in [4.69, 9.17) is 0 Å². The summed E-state index contributed by atoms with van der Waals surface area (Å²) < 4.78 is 1.69. The van der Waals surface area contributed by atoms with E-state index in [0.29, 0.717) is 11.2 Å². The topological polar surface area (TPSA) is 63.4 Å². The first-order valence-electron chi connectivity index (χ1n) is 7.12. The zero-order valence-corrected chi connectivity index (χ0v) is 12.8. The van der Waals surface area contributed by atoms with Crippen LogP contribution in [0.15, 0.2) is 36.7 Å². The van der Waals surface area contributed by atoms with Crippen molar-refractivity contribution in [1.29, 1.82) is 0 Å². The molecule has 2 aromatic heterocycles. The minimum atomic E-state index is -0.0110. The van der Waals surface area contributed by atoms with E-state index in [1.54, 1.807) is 29.8 Å². The number of carbonyl (C=O) groups excluding carboxylic acids is 1. The van der Waals surface area contributed by atoms with Gasteiger partial charge in [-0.2, -0.15) is 9.61 Å². The molecule has 0 fully saturated rings. The number of hydrogen-bond acceptors (Lipinski definition) is 4. The van der Waals surface area contributed by atoms with Crippen LogP contribution in [0.4, 0.5) is 0 Å². The predicted octanol–water partition coefficient (Wildman–Crippen LogP) is 2.06. The molecular weight excluding hydrogens is 278 g/mol. The third-order valence-electron chi connectivity index (χ3n) is 3.53. The first kappa shape index (κ1) is 14.2. The van der Waals surface area contributed by atoms with Crippen LogP contribution in [0, 0.1) is 0 Å². The van der Waals surface area contributed by atoms with E-state index in [2.05, 4.69) is 22.2 Å². The predicted molar refractivity (Wildman–Crippen MR) is 83.6 cm³/mol. The third-order valence-corrected chi connectivity index (χ3v) is 3.53. The Hall–Kier alpha value is -2.76. The lowest BCUT2D eigenvalue weighted by Crippen LogP contribution is -2.21. The van der Waals surface area contributed by atoms with Gasteiger partial charge in [-0.3, -0.25) is 4.79 Å². The Morgan fingerprint density at radius 1 is 1.23 bits per heavy atom. The fourth-order valence-corrected chi connectivity index (χ4v) is 2.31. The third kappa shape index (κ3) is 2.43. The van der Waals surface area contributed by atoms with Crippen LogP contribution in [0.5, 0.6) is 0 Å². The molecule has 0 radical (unpaired) electrons. The van der Waals surface area contributed by atoms with E-state index in [1.165, 1.54) is 0 Å². The van der Waals surface area contributed by atoms with Crippen molar-refractivity contribution in [2.24, 2.45) is 0 Å². The summed E-state index contributed by atoms with van der Waals surface area (Å²) in [4.78, 5) is 13.5. The highest BCUT2D eigenvalue weighted by Gasteiger charge is 2.12. The van der Waals surface area contributed by atoms with Gasteiger partial charge in [-0.05, 0) is 30.2 Å². The second-order valence-corrected chi connectivity index (χ2v) is 5.28. The standard InChI is InChI=1S/C16H17N5O/c1-4-13-9-14(15-18-17-10-21(15)19-13)11-5-7-12(8-6-11)16(22)20(2)3/h5-10H,4H2,1-3H3. The van der Waals surface area contributed by atoms with Gasteiger partial charge in [0.1, 0.15) is 6.33 Å². The van der Waals surface area contributed by atoms with Crippen LogP contribution in [-0.2, 0) is 6.42 Å². The van der Waals surface area contributed by atoms with Crippen LogP contribution in [0.2, 0.25) is 0 Å². The molecule has 0 aliphatic carbocycles. The number of fused-ring (bicyclic) bond motifs is 1. The van der Waals surface area contributed by atoms with Crippen molar-refractivity contribution in [1.82, 2.24) is 24.7 Å². The summed E-state index contributed by atoms with van der Waals surface area (Å²) in [5.74, 6) is -0.0110. The number of nitrogens with zero attached hydrogens (tertiary/aromatic N) is 5. The Kier molecular flexibility index (Phi) is 3.58. The van der Waals surface area contributed by atoms with Gasteiger partial charge in [0, 0.05) is 25.2 Å². The van der Waals surface area contributed by atoms with Crippen LogP contribution >= 0.6 is 0 Å². The average Bonchev–Trinajstić information content (AvgIpc) is 3.01. The van der Waals surface area contributed by atoms with Gasteiger partial charge in [0.2, 0.25) is 0 Å². The molecule has 0 aliphatic rings. The number of amides is 1. The van der Waals surface area contributed by atoms with Crippen molar-refractivity contribution >= 4 is 11.6 Å². The van der Waals surface area contributed by atoms with E-state index in [0.717, 1.165) is 23.2 Å². The number of carbonyl (C=O) groups is 1. The molecule has 0 saturated heterocycles. The number of aryl methyl sites for hydroxylation is 1. The van der Waals surface area contributed by atoms with Crippen LogP contribution < -0.4 is 0 Å².